The van der Waals surface area contributed by atoms with Crippen molar-refractivity contribution in [2.75, 3.05) is 13.2 Å². The van der Waals surface area contributed by atoms with Crippen LogP contribution in [0, 0.1) is 12.3 Å². The van der Waals surface area contributed by atoms with Crippen LogP contribution >= 0.6 is 0 Å². The van der Waals surface area contributed by atoms with E-state index in [2.05, 4.69) is 5.92 Å². The van der Waals surface area contributed by atoms with E-state index in [1.165, 1.54) is 0 Å². The van der Waals surface area contributed by atoms with E-state index >= 15 is 0 Å². The zero-order chi connectivity index (χ0) is 12.1. The molecule has 0 unspecified atom stereocenters. The van der Waals surface area contributed by atoms with Gasteiger partial charge in [0.1, 0.15) is 24.4 Å². The lowest BCUT2D eigenvalue weighted by molar-refractivity contribution is -0.300. The molecule has 1 rings (SSSR count). The fraction of sp³-hybridized carbons (Fsp3) is 0.800. The molecule has 0 amide bonds. The van der Waals surface area contributed by atoms with Gasteiger partial charge >= 0.3 is 0 Å². The average molecular weight is 232 g/mol. The van der Waals surface area contributed by atoms with Crippen molar-refractivity contribution >= 4 is 0 Å². The van der Waals surface area contributed by atoms with Crippen LogP contribution in [0.3, 0.4) is 0 Å². The van der Waals surface area contributed by atoms with Crippen LogP contribution in [0.5, 0.6) is 0 Å². The van der Waals surface area contributed by atoms with E-state index in [0.29, 0.717) is 6.42 Å². The molecule has 1 heterocycles. The van der Waals surface area contributed by atoms with Crippen LogP contribution in [0.4, 0.5) is 0 Å². The first-order valence-corrected chi connectivity index (χ1v) is 4.97. The summed E-state index contributed by atoms with van der Waals surface area (Å²) in [6.07, 6.45) is -0.831. The fourth-order valence-corrected chi connectivity index (χ4v) is 1.44. The Bertz CT molecular complexity index is 248. The topological polar surface area (TPSA) is 99.4 Å². The largest absolute Gasteiger partial charge is 0.394 e. The molecule has 92 valence electrons. The smallest absolute Gasteiger partial charge is 0.186 e. The Morgan fingerprint density at radius 3 is 2.44 bits per heavy atom. The van der Waals surface area contributed by atoms with Gasteiger partial charge in [-0.1, -0.05) is 0 Å². The van der Waals surface area contributed by atoms with Gasteiger partial charge in [-0.15, -0.1) is 12.3 Å². The van der Waals surface area contributed by atoms with Gasteiger partial charge in [-0.2, -0.15) is 0 Å². The Labute approximate surface area is 93.4 Å². The van der Waals surface area contributed by atoms with E-state index in [9.17, 15) is 15.3 Å². The summed E-state index contributed by atoms with van der Waals surface area (Å²) in [6.45, 7) is -0.306. The quantitative estimate of drug-likeness (QED) is 0.325. The van der Waals surface area contributed by atoms with Crippen LogP contribution < -0.4 is 0 Å². The van der Waals surface area contributed by atoms with Gasteiger partial charge in [-0.3, -0.25) is 0 Å². The lowest BCUT2D eigenvalue weighted by atomic mass is 9.99. The van der Waals surface area contributed by atoms with Crippen molar-refractivity contribution in [2.45, 2.75) is 37.1 Å². The maximum atomic E-state index is 9.53. The van der Waals surface area contributed by atoms with Crippen LogP contribution in [0.2, 0.25) is 0 Å². The molecule has 5 atom stereocenters. The third-order valence-electron chi connectivity index (χ3n) is 2.38. The van der Waals surface area contributed by atoms with Gasteiger partial charge in [0.05, 0.1) is 13.2 Å². The summed E-state index contributed by atoms with van der Waals surface area (Å²) in [5.41, 5.74) is 0. The summed E-state index contributed by atoms with van der Waals surface area (Å²) in [7, 11) is 0. The van der Waals surface area contributed by atoms with E-state index < -0.39 is 37.3 Å². The first-order chi connectivity index (χ1) is 7.61. The molecule has 0 aromatic heterocycles. The lowest BCUT2D eigenvalue weighted by Gasteiger charge is -2.39. The molecular formula is C10H16O6. The second kappa shape index (κ2) is 6.15. The monoisotopic (exact) mass is 232 g/mol. The minimum absolute atomic E-state index is 0.166. The van der Waals surface area contributed by atoms with E-state index in [4.69, 9.17) is 21.0 Å². The molecule has 1 aliphatic rings. The highest BCUT2D eigenvalue weighted by Gasteiger charge is 2.43. The van der Waals surface area contributed by atoms with E-state index in [1.54, 1.807) is 0 Å². The first-order valence-electron chi connectivity index (χ1n) is 4.97. The Morgan fingerprint density at radius 2 is 1.88 bits per heavy atom. The molecule has 1 fully saturated rings. The third kappa shape index (κ3) is 2.92. The molecule has 0 aliphatic carbocycles. The molecule has 0 bridgehead atoms. The maximum absolute atomic E-state index is 9.53. The summed E-state index contributed by atoms with van der Waals surface area (Å²) < 4.78 is 10.2. The van der Waals surface area contributed by atoms with Gasteiger partial charge in [0.25, 0.3) is 0 Å². The van der Waals surface area contributed by atoms with Crippen molar-refractivity contribution in [3.05, 3.63) is 0 Å². The Morgan fingerprint density at radius 1 is 1.19 bits per heavy atom. The van der Waals surface area contributed by atoms with Crippen LogP contribution in [-0.2, 0) is 9.47 Å². The van der Waals surface area contributed by atoms with Crippen LogP contribution in [-0.4, -0.2) is 64.3 Å². The molecule has 16 heavy (non-hydrogen) atoms. The fourth-order valence-electron chi connectivity index (χ4n) is 1.44. The first kappa shape index (κ1) is 13.4. The molecule has 1 aliphatic heterocycles. The molecule has 0 aromatic carbocycles. The number of aliphatic hydroxyl groups excluding tert-OH is 4. The van der Waals surface area contributed by atoms with Crippen molar-refractivity contribution in [1.82, 2.24) is 0 Å². The maximum Gasteiger partial charge on any atom is 0.186 e. The Hall–Kier alpha value is -0.680. The molecule has 4 N–H and O–H groups in total. The van der Waals surface area contributed by atoms with Gasteiger partial charge in [0.2, 0.25) is 0 Å². The predicted octanol–water partition coefficient (Wildman–Crippen LogP) is -2.17. The zero-order valence-corrected chi connectivity index (χ0v) is 8.69. The average Bonchev–Trinajstić information content (AvgIpc) is 2.29. The molecule has 0 saturated carbocycles. The second-order valence-electron chi connectivity index (χ2n) is 3.52. The van der Waals surface area contributed by atoms with Crippen LogP contribution in [0.15, 0.2) is 0 Å². The van der Waals surface area contributed by atoms with Crippen LogP contribution in [0.1, 0.15) is 6.42 Å². The van der Waals surface area contributed by atoms with E-state index in [-0.39, 0.29) is 6.61 Å². The highest BCUT2D eigenvalue weighted by Crippen LogP contribution is 2.21. The normalized spacial score (nSPS) is 39.3. The van der Waals surface area contributed by atoms with Crippen molar-refractivity contribution in [1.29, 1.82) is 0 Å². The van der Waals surface area contributed by atoms with Crippen LogP contribution in [0.25, 0.3) is 0 Å². The van der Waals surface area contributed by atoms with Crippen molar-refractivity contribution in [3.63, 3.8) is 0 Å². The number of terminal acetylenes is 1. The molecule has 6 nitrogen and oxygen atoms in total. The lowest BCUT2D eigenvalue weighted by Crippen LogP contribution is -2.59. The number of aliphatic hydroxyl groups is 4. The highest BCUT2D eigenvalue weighted by atomic mass is 16.7. The standard InChI is InChI=1S/C10H16O6/c1-2-3-4-15-10-9(14)8(13)7(12)6(5-11)16-10/h1,6-14H,3-5H2/t6-,7+,8+,9-,10-/m1/s1. The number of ether oxygens (including phenoxy) is 2. The molecule has 0 radical (unpaired) electrons. The SMILES string of the molecule is C#CCCO[C@@H]1O[C@H](CO)[C@H](O)[C@H](O)[C@H]1O. The van der Waals surface area contributed by atoms with Gasteiger partial charge < -0.3 is 29.9 Å². The Kier molecular flexibility index (Phi) is 5.15. The predicted molar refractivity (Wildman–Crippen MR) is 53.2 cm³/mol. The second-order valence-corrected chi connectivity index (χ2v) is 3.52. The van der Waals surface area contributed by atoms with Crippen molar-refractivity contribution < 1.29 is 29.9 Å². The van der Waals surface area contributed by atoms with Crippen molar-refractivity contribution in [2.24, 2.45) is 0 Å². The summed E-state index contributed by atoms with van der Waals surface area (Å²) in [4.78, 5) is 0. The zero-order valence-electron chi connectivity index (χ0n) is 8.69. The number of hydrogen-bond donors (Lipinski definition) is 4. The third-order valence-corrected chi connectivity index (χ3v) is 2.38. The number of rotatable bonds is 4. The molecule has 6 heteroatoms. The van der Waals surface area contributed by atoms with Gasteiger partial charge in [-0.25, -0.2) is 0 Å². The summed E-state index contributed by atoms with van der Waals surface area (Å²) in [5, 5.41) is 37.3. The molecule has 0 aromatic rings. The molecule has 1 saturated heterocycles. The van der Waals surface area contributed by atoms with E-state index in [0.717, 1.165) is 0 Å². The molecular weight excluding hydrogens is 216 g/mol. The van der Waals surface area contributed by atoms with Crippen molar-refractivity contribution in [3.8, 4) is 12.3 Å². The minimum atomic E-state index is -1.42. The summed E-state index contributed by atoms with van der Waals surface area (Å²) >= 11 is 0. The minimum Gasteiger partial charge on any atom is -0.394 e. The number of hydrogen-bond acceptors (Lipinski definition) is 6. The summed E-state index contributed by atoms with van der Waals surface area (Å²) in [6, 6.07) is 0. The highest BCUT2D eigenvalue weighted by molar-refractivity contribution is 4.89. The van der Waals surface area contributed by atoms with Gasteiger partial charge in [0, 0.05) is 6.42 Å². The summed E-state index contributed by atoms with van der Waals surface area (Å²) in [5.74, 6) is 2.34. The Balaban J connectivity index is 2.54. The van der Waals surface area contributed by atoms with Gasteiger partial charge in [0.15, 0.2) is 6.29 Å². The van der Waals surface area contributed by atoms with Gasteiger partial charge in [-0.05, 0) is 0 Å². The van der Waals surface area contributed by atoms with E-state index in [1.807, 2.05) is 0 Å². The molecule has 0 spiro atoms.